The van der Waals surface area contributed by atoms with Gasteiger partial charge in [-0.15, -0.1) is 0 Å². The molecule has 0 heterocycles. The van der Waals surface area contributed by atoms with Crippen LogP contribution in [0.15, 0.2) is 72.8 Å². The molecule has 0 fully saturated rings. The van der Waals surface area contributed by atoms with Gasteiger partial charge in [0.1, 0.15) is 24.6 Å². The molecule has 34 heavy (non-hydrogen) atoms. The van der Waals surface area contributed by atoms with Crippen LogP contribution in [0.5, 0.6) is 5.75 Å². The van der Waals surface area contributed by atoms with Gasteiger partial charge in [-0.3, -0.25) is 0 Å². The number of carbonyl (C=O) groups excluding carboxylic acids is 1. The van der Waals surface area contributed by atoms with Crippen LogP contribution in [-0.4, -0.2) is 42.2 Å². The smallest absolute Gasteiger partial charge is 0.407 e. The van der Waals surface area contributed by atoms with Crippen LogP contribution in [-0.2, 0) is 4.74 Å². The summed E-state index contributed by atoms with van der Waals surface area (Å²) in [6.07, 6.45) is -2.96. The van der Waals surface area contributed by atoms with Crippen LogP contribution in [0.4, 0.5) is 4.79 Å². The highest BCUT2D eigenvalue weighted by atomic mass is 16.5. The zero-order valence-corrected chi connectivity index (χ0v) is 19.5. The predicted octanol–water partition coefficient (Wildman–Crippen LogP) is 4.65. The SMILES string of the molecule is CC(C)COc1ccc(C(O)C(O)CNC(=O)OCC2c3ccccc3-c3ccccc32)cc1. The van der Waals surface area contributed by atoms with E-state index in [9.17, 15) is 15.0 Å². The van der Waals surface area contributed by atoms with Gasteiger partial charge >= 0.3 is 6.09 Å². The van der Waals surface area contributed by atoms with Crippen molar-refractivity contribution in [2.24, 2.45) is 5.92 Å². The number of nitrogens with one attached hydrogen (secondary N) is 1. The number of amides is 1. The van der Waals surface area contributed by atoms with E-state index < -0.39 is 18.3 Å². The summed E-state index contributed by atoms with van der Waals surface area (Å²) in [6, 6.07) is 23.2. The molecule has 0 spiro atoms. The minimum Gasteiger partial charge on any atom is -0.493 e. The maximum atomic E-state index is 12.3. The van der Waals surface area contributed by atoms with E-state index in [1.54, 1.807) is 24.3 Å². The van der Waals surface area contributed by atoms with Gasteiger partial charge in [-0.2, -0.15) is 0 Å². The standard InChI is InChI=1S/C28H31NO5/c1-18(2)16-33-20-13-11-19(12-14-20)27(31)26(30)15-29-28(32)34-17-25-23-9-5-3-7-21(23)22-8-4-6-10-24(22)25/h3-14,18,25-27,30-31H,15-17H2,1-2H3,(H,29,32). The molecule has 0 radical (unpaired) electrons. The number of benzene rings is 3. The van der Waals surface area contributed by atoms with E-state index in [4.69, 9.17) is 9.47 Å². The van der Waals surface area contributed by atoms with Gasteiger partial charge in [0.15, 0.2) is 0 Å². The van der Waals surface area contributed by atoms with Crippen LogP contribution in [0, 0.1) is 5.92 Å². The van der Waals surface area contributed by atoms with Crippen molar-refractivity contribution in [3.63, 3.8) is 0 Å². The minimum absolute atomic E-state index is 0.0370. The average molecular weight is 462 g/mol. The highest BCUT2D eigenvalue weighted by Gasteiger charge is 2.29. The van der Waals surface area contributed by atoms with Crippen LogP contribution < -0.4 is 10.1 Å². The van der Waals surface area contributed by atoms with Crippen LogP contribution in [0.25, 0.3) is 11.1 Å². The minimum atomic E-state index is -1.18. The molecule has 4 rings (SSSR count). The summed E-state index contributed by atoms with van der Waals surface area (Å²) in [5, 5.41) is 23.4. The molecule has 6 heteroatoms. The zero-order chi connectivity index (χ0) is 24.1. The van der Waals surface area contributed by atoms with Gasteiger partial charge in [-0.05, 0) is 45.9 Å². The van der Waals surface area contributed by atoms with Crippen molar-refractivity contribution >= 4 is 6.09 Å². The molecule has 3 aromatic rings. The summed E-state index contributed by atoms with van der Waals surface area (Å²) in [6.45, 7) is 4.80. The number of carbonyl (C=O) groups is 1. The lowest BCUT2D eigenvalue weighted by Gasteiger charge is -2.20. The number of hydrogen-bond acceptors (Lipinski definition) is 5. The quantitative estimate of drug-likeness (QED) is 0.432. The third-order valence-electron chi connectivity index (χ3n) is 5.97. The second kappa shape index (κ2) is 10.7. The van der Waals surface area contributed by atoms with E-state index in [0.29, 0.717) is 23.8 Å². The first-order valence-electron chi connectivity index (χ1n) is 11.6. The molecule has 0 aromatic heterocycles. The van der Waals surface area contributed by atoms with E-state index in [1.165, 1.54) is 0 Å². The second-order valence-corrected chi connectivity index (χ2v) is 8.99. The normalized spacial score (nSPS) is 14.3. The van der Waals surface area contributed by atoms with Crippen LogP contribution >= 0.6 is 0 Å². The van der Waals surface area contributed by atoms with E-state index in [2.05, 4.69) is 43.4 Å². The first kappa shape index (κ1) is 23.8. The Morgan fingerprint density at radius 1 is 0.912 bits per heavy atom. The number of alkyl carbamates (subject to hydrolysis) is 1. The first-order valence-corrected chi connectivity index (χ1v) is 11.6. The first-order chi connectivity index (χ1) is 16.4. The van der Waals surface area contributed by atoms with E-state index in [-0.39, 0.29) is 19.1 Å². The zero-order valence-electron chi connectivity index (χ0n) is 19.5. The number of fused-ring (bicyclic) bond motifs is 3. The third-order valence-corrected chi connectivity index (χ3v) is 5.97. The fraction of sp³-hybridized carbons (Fsp3) is 0.321. The van der Waals surface area contributed by atoms with Crippen molar-refractivity contribution in [1.82, 2.24) is 5.32 Å². The van der Waals surface area contributed by atoms with Gasteiger partial charge in [0, 0.05) is 12.5 Å². The molecule has 1 aliphatic carbocycles. The lowest BCUT2D eigenvalue weighted by molar-refractivity contribution is 0.0185. The van der Waals surface area contributed by atoms with Crippen molar-refractivity contribution in [2.75, 3.05) is 19.8 Å². The Morgan fingerprint density at radius 2 is 1.50 bits per heavy atom. The van der Waals surface area contributed by atoms with E-state index in [1.807, 2.05) is 24.3 Å². The van der Waals surface area contributed by atoms with Crippen molar-refractivity contribution in [3.8, 4) is 16.9 Å². The molecule has 3 aromatic carbocycles. The van der Waals surface area contributed by atoms with Gasteiger partial charge in [0.2, 0.25) is 0 Å². The summed E-state index contributed by atoms with van der Waals surface area (Å²) < 4.78 is 11.1. The predicted molar refractivity (Wildman–Crippen MR) is 131 cm³/mol. The Morgan fingerprint density at radius 3 is 2.09 bits per heavy atom. The Balaban J connectivity index is 1.28. The van der Waals surface area contributed by atoms with E-state index in [0.717, 1.165) is 22.3 Å². The lowest BCUT2D eigenvalue weighted by atomic mass is 9.98. The number of aliphatic hydroxyl groups excluding tert-OH is 2. The highest BCUT2D eigenvalue weighted by Crippen LogP contribution is 2.44. The molecular weight excluding hydrogens is 430 g/mol. The Bertz CT molecular complexity index is 1070. The topological polar surface area (TPSA) is 88.0 Å². The Labute approximate surface area is 200 Å². The molecule has 6 nitrogen and oxygen atoms in total. The molecule has 0 saturated carbocycles. The van der Waals surface area contributed by atoms with Crippen molar-refractivity contribution in [1.29, 1.82) is 0 Å². The number of ether oxygens (including phenoxy) is 2. The third kappa shape index (κ3) is 5.41. The van der Waals surface area contributed by atoms with Gasteiger partial charge in [-0.1, -0.05) is 74.5 Å². The summed E-state index contributed by atoms with van der Waals surface area (Å²) >= 11 is 0. The van der Waals surface area contributed by atoms with Gasteiger partial charge in [0.25, 0.3) is 0 Å². The molecule has 0 saturated heterocycles. The van der Waals surface area contributed by atoms with Gasteiger partial charge < -0.3 is 25.0 Å². The Hall–Kier alpha value is -3.35. The number of hydrogen-bond donors (Lipinski definition) is 3. The maximum absolute atomic E-state index is 12.3. The molecule has 1 amide bonds. The summed E-state index contributed by atoms with van der Waals surface area (Å²) in [5.41, 5.74) is 5.12. The van der Waals surface area contributed by atoms with Crippen LogP contribution in [0.1, 0.15) is 42.6 Å². The van der Waals surface area contributed by atoms with Crippen LogP contribution in [0.2, 0.25) is 0 Å². The van der Waals surface area contributed by atoms with Gasteiger partial charge in [-0.25, -0.2) is 4.79 Å². The van der Waals surface area contributed by atoms with Crippen molar-refractivity contribution in [3.05, 3.63) is 89.5 Å². The largest absolute Gasteiger partial charge is 0.493 e. The summed E-state index contributed by atoms with van der Waals surface area (Å²) in [7, 11) is 0. The second-order valence-electron chi connectivity index (χ2n) is 8.99. The van der Waals surface area contributed by atoms with Crippen molar-refractivity contribution < 1.29 is 24.5 Å². The number of rotatable bonds is 9. The molecule has 0 bridgehead atoms. The fourth-order valence-electron chi connectivity index (χ4n) is 4.20. The van der Waals surface area contributed by atoms with Gasteiger partial charge in [0.05, 0.1) is 6.61 Å². The molecule has 0 aliphatic heterocycles. The molecule has 1 aliphatic rings. The average Bonchev–Trinajstić information content (AvgIpc) is 3.18. The Kier molecular flexibility index (Phi) is 7.50. The fourth-order valence-corrected chi connectivity index (χ4v) is 4.20. The highest BCUT2D eigenvalue weighted by molar-refractivity contribution is 5.79. The summed E-state index contributed by atoms with van der Waals surface area (Å²) in [5.74, 6) is 1.08. The molecule has 3 N–H and O–H groups in total. The maximum Gasteiger partial charge on any atom is 0.407 e. The van der Waals surface area contributed by atoms with Crippen molar-refractivity contribution in [2.45, 2.75) is 32.0 Å². The number of aliphatic hydroxyl groups is 2. The van der Waals surface area contributed by atoms with E-state index >= 15 is 0 Å². The monoisotopic (exact) mass is 461 g/mol. The molecule has 178 valence electrons. The molecule has 2 unspecified atom stereocenters. The lowest BCUT2D eigenvalue weighted by Crippen LogP contribution is -2.36. The molecular formula is C28H31NO5. The van der Waals surface area contributed by atoms with Crippen LogP contribution in [0.3, 0.4) is 0 Å². The summed E-state index contributed by atoms with van der Waals surface area (Å²) in [4.78, 5) is 12.3. The molecule has 2 atom stereocenters.